The average molecular weight is 290 g/mol. The van der Waals surface area contributed by atoms with E-state index in [-0.39, 0.29) is 12.0 Å². The number of carbonyl (C=O) groups excluding carboxylic acids is 1. The molecule has 0 spiro atoms. The number of nitriles is 1. The van der Waals surface area contributed by atoms with Crippen LogP contribution in [0.4, 0.5) is 5.69 Å². The summed E-state index contributed by atoms with van der Waals surface area (Å²) in [6, 6.07) is 7.07. The molecule has 114 valence electrons. The highest BCUT2D eigenvalue weighted by Gasteiger charge is 2.31. The van der Waals surface area contributed by atoms with E-state index in [2.05, 4.69) is 11.4 Å². The minimum atomic E-state index is -0.889. The molecule has 0 bridgehead atoms. The van der Waals surface area contributed by atoms with Gasteiger partial charge in [-0.05, 0) is 45.4 Å². The fourth-order valence-electron chi connectivity index (χ4n) is 1.71. The van der Waals surface area contributed by atoms with Crippen LogP contribution in [0, 0.1) is 11.3 Å². The third kappa shape index (κ3) is 4.20. The van der Waals surface area contributed by atoms with Crippen LogP contribution >= 0.6 is 0 Å². The van der Waals surface area contributed by atoms with E-state index in [1.165, 1.54) is 7.11 Å². The Morgan fingerprint density at radius 3 is 2.62 bits per heavy atom. The van der Waals surface area contributed by atoms with E-state index < -0.39 is 5.60 Å². The maximum absolute atomic E-state index is 12.2. The summed E-state index contributed by atoms with van der Waals surface area (Å²) in [5.74, 6) is 0.268. The fourth-order valence-corrected chi connectivity index (χ4v) is 1.71. The highest BCUT2D eigenvalue weighted by atomic mass is 16.5. The molecular formula is C16H22N2O3. The van der Waals surface area contributed by atoms with Gasteiger partial charge in [0.15, 0.2) is 0 Å². The van der Waals surface area contributed by atoms with Crippen molar-refractivity contribution < 1.29 is 14.3 Å². The molecule has 0 aromatic heterocycles. The van der Waals surface area contributed by atoms with Gasteiger partial charge in [-0.3, -0.25) is 4.79 Å². The summed E-state index contributed by atoms with van der Waals surface area (Å²) in [4.78, 5) is 12.2. The molecule has 0 saturated carbocycles. The zero-order chi connectivity index (χ0) is 16.0. The fraction of sp³-hybridized carbons (Fsp3) is 0.500. The van der Waals surface area contributed by atoms with E-state index in [4.69, 9.17) is 9.47 Å². The van der Waals surface area contributed by atoms with Gasteiger partial charge in [-0.2, -0.15) is 5.26 Å². The van der Waals surface area contributed by atoms with Crippen molar-refractivity contribution >= 4 is 11.6 Å². The lowest BCUT2D eigenvalue weighted by molar-refractivity contribution is -0.136. The highest BCUT2D eigenvalue weighted by Crippen LogP contribution is 2.24. The molecule has 0 heterocycles. The lowest BCUT2D eigenvalue weighted by Crippen LogP contribution is -2.41. The molecule has 0 aliphatic rings. The zero-order valence-electron chi connectivity index (χ0n) is 13.2. The predicted octanol–water partition coefficient (Wildman–Crippen LogP) is 3.10. The number of hydrogen-bond acceptors (Lipinski definition) is 4. The minimum absolute atomic E-state index is 0.0191. The molecule has 0 radical (unpaired) electrons. The number of nitrogens with zero attached hydrogens (tertiary/aromatic N) is 1. The van der Waals surface area contributed by atoms with Crippen molar-refractivity contribution in [3.05, 3.63) is 23.8 Å². The first-order valence-electron chi connectivity index (χ1n) is 6.93. The quantitative estimate of drug-likeness (QED) is 0.874. The summed E-state index contributed by atoms with van der Waals surface area (Å²) in [6.45, 7) is 7.39. The van der Waals surface area contributed by atoms with Crippen molar-refractivity contribution in [2.24, 2.45) is 0 Å². The summed E-state index contributed by atoms with van der Waals surface area (Å²) in [7, 11) is 1.50. The molecule has 21 heavy (non-hydrogen) atoms. The molecule has 0 saturated heterocycles. The van der Waals surface area contributed by atoms with Crippen LogP contribution in [0.3, 0.4) is 0 Å². The van der Waals surface area contributed by atoms with Gasteiger partial charge in [0, 0.05) is 12.8 Å². The Kier molecular flexibility index (Phi) is 5.74. The van der Waals surface area contributed by atoms with Gasteiger partial charge in [0.25, 0.3) is 5.91 Å². The van der Waals surface area contributed by atoms with Gasteiger partial charge in [-0.25, -0.2) is 0 Å². The molecule has 5 nitrogen and oxygen atoms in total. The largest absolute Gasteiger partial charge is 0.490 e. The van der Waals surface area contributed by atoms with Gasteiger partial charge in [-0.15, -0.1) is 0 Å². The number of hydrogen-bond donors (Lipinski definition) is 1. The number of anilines is 1. The van der Waals surface area contributed by atoms with Gasteiger partial charge in [0.1, 0.15) is 17.4 Å². The summed E-state index contributed by atoms with van der Waals surface area (Å²) in [5.41, 5.74) is 0.0430. The van der Waals surface area contributed by atoms with Crippen molar-refractivity contribution in [3.63, 3.8) is 0 Å². The Labute approximate surface area is 125 Å². The number of nitrogens with one attached hydrogen (secondary N) is 1. The minimum Gasteiger partial charge on any atom is -0.490 e. The first kappa shape index (κ1) is 17.0. The van der Waals surface area contributed by atoms with Crippen molar-refractivity contribution in [2.45, 2.75) is 45.8 Å². The summed E-state index contributed by atoms with van der Waals surface area (Å²) < 4.78 is 10.8. The van der Waals surface area contributed by atoms with E-state index in [1.807, 2.05) is 20.8 Å². The highest BCUT2D eigenvalue weighted by molar-refractivity contribution is 5.97. The van der Waals surface area contributed by atoms with Gasteiger partial charge < -0.3 is 14.8 Å². The van der Waals surface area contributed by atoms with Gasteiger partial charge in [0.2, 0.25) is 0 Å². The number of amides is 1. The van der Waals surface area contributed by atoms with Gasteiger partial charge in [0.05, 0.1) is 11.7 Å². The number of carbonyl (C=O) groups is 1. The molecule has 5 heteroatoms. The van der Waals surface area contributed by atoms with E-state index >= 15 is 0 Å². The molecule has 1 amide bonds. The molecule has 1 rings (SSSR count). The summed E-state index contributed by atoms with van der Waals surface area (Å²) in [5, 5.41) is 11.9. The number of benzene rings is 1. The van der Waals surface area contributed by atoms with Crippen molar-refractivity contribution in [2.75, 3.05) is 12.4 Å². The average Bonchev–Trinajstić information content (AvgIpc) is 2.47. The van der Waals surface area contributed by atoms with E-state index in [0.29, 0.717) is 23.4 Å². The molecule has 0 aliphatic carbocycles. The SMILES string of the molecule is CC[C@](C)(OC)C(=O)Nc1ccc(OC(C)C)c(C#N)c1. The second-order valence-corrected chi connectivity index (χ2v) is 5.23. The Morgan fingerprint density at radius 2 is 2.14 bits per heavy atom. The molecule has 1 N–H and O–H groups in total. The zero-order valence-corrected chi connectivity index (χ0v) is 13.2. The summed E-state index contributed by atoms with van der Waals surface area (Å²) >= 11 is 0. The number of rotatable bonds is 6. The van der Waals surface area contributed by atoms with E-state index in [9.17, 15) is 10.1 Å². The van der Waals surface area contributed by atoms with Crippen LogP contribution in [0.1, 0.15) is 39.7 Å². The van der Waals surface area contributed by atoms with Crippen LogP contribution in [0.5, 0.6) is 5.75 Å². The van der Waals surface area contributed by atoms with Crippen LogP contribution < -0.4 is 10.1 Å². The lowest BCUT2D eigenvalue weighted by Gasteiger charge is -2.25. The molecule has 1 atom stereocenters. The Balaban J connectivity index is 2.96. The monoisotopic (exact) mass is 290 g/mol. The lowest BCUT2D eigenvalue weighted by atomic mass is 10.0. The van der Waals surface area contributed by atoms with Crippen LogP contribution in [0.25, 0.3) is 0 Å². The maximum Gasteiger partial charge on any atom is 0.256 e. The smallest absolute Gasteiger partial charge is 0.256 e. The number of ether oxygens (including phenoxy) is 2. The molecule has 0 unspecified atom stereocenters. The van der Waals surface area contributed by atoms with Gasteiger partial charge >= 0.3 is 0 Å². The molecule has 0 aliphatic heterocycles. The van der Waals surface area contributed by atoms with Crippen LogP contribution in [0.15, 0.2) is 18.2 Å². The van der Waals surface area contributed by atoms with Crippen LogP contribution in [-0.4, -0.2) is 24.7 Å². The second kappa shape index (κ2) is 7.09. The third-order valence-electron chi connectivity index (χ3n) is 3.33. The maximum atomic E-state index is 12.2. The Hall–Kier alpha value is -2.06. The number of methoxy groups -OCH3 is 1. The van der Waals surface area contributed by atoms with Crippen LogP contribution in [0.2, 0.25) is 0 Å². The van der Waals surface area contributed by atoms with E-state index in [0.717, 1.165) is 0 Å². The van der Waals surface area contributed by atoms with E-state index in [1.54, 1.807) is 25.1 Å². The standard InChI is InChI=1S/C16H22N2O3/c1-6-16(4,20-5)15(19)18-13-7-8-14(21-11(2)3)12(9-13)10-17/h7-9,11H,6H2,1-5H3,(H,18,19)/t16-/m0/s1. The topological polar surface area (TPSA) is 71.3 Å². The Morgan fingerprint density at radius 1 is 1.48 bits per heavy atom. The van der Waals surface area contributed by atoms with Crippen molar-refractivity contribution in [1.82, 2.24) is 0 Å². The Bertz CT molecular complexity index is 543. The van der Waals surface area contributed by atoms with Crippen LogP contribution in [-0.2, 0) is 9.53 Å². The van der Waals surface area contributed by atoms with Crippen molar-refractivity contribution in [3.8, 4) is 11.8 Å². The normalized spacial score (nSPS) is 13.4. The second-order valence-electron chi connectivity index (χ2n) is 5.23. The molecular weight excluding hydrogens is 268 g/mol. The first-order chi connectivity index (χ1) is 9.86. The molecule has 1 aromatic rings. The summed E-state index contributed by atoms with van der Waals surface area (Å²) in [6.07, 6.45) is 0.532. The predicted molar refractivity (Wildman–Crippen MR) is 81.3 cm³/mol. The molecule has 0 fully saturated rings. The van der Waals surface area contributed by atoms with Gasteiger partial charge in [-0.1, -0.05) is 6.92 Å². The van der Waals surface area contributed by atoms with Crippen molar-refractivity contribution in [1.29, 1.82) is 5.26 Å². The molecule has 1 aromatic carbocycles. The third-order valence-corrected chi connectivity index (χ3v) is 3.33. The first-order valence-corrected chi connectivity index (χ1v) is 6.93.